The van der Waals surface area contributed by atoms with Crippen LogP contribution in [0.1, 0.15) is 24.6 Å². The van der Waals surface area contributed by atoms with E-state index in [1.54, 1.807) is 6.20 Å². The predicted molar refractivity (Wildman–Crippen MR) is 55.9 cm³/mol. The lowest BCUT2D eigenvalue weighted by atomic mass is 10.0. The van der Waals surface area contributed by atoms with Crippen LogP contribution in [0.2, 0.25) is 0 Å². The summed E-state index contributed by atoms with van der Waals surface area (Å²) < 4.78 is 2.13. The van der Waals surface area contributed by atoms with Gasteiger partial charge in [0.05, 0.1) is 12.2 Å². The molecule has 0 aliphatic heterocycles. The number of rotatable bonds is 5. The zero-order chi connectivity index (χ0) is 10.8. The quantitative estimate of drug-likeness (QED) is 0.703. The molecule has 1 aromatic heterocycles. The molecule has 0 saturated heterocycles. The standard InChI is InChI=1S/C10H16N4O/c11-4-7(10(12)15)3-9-5-13-6-14(9)8-1-2-8/h5-8H,1-4,11H2,(H2,12,15). The Balaban J connectivity index is 2.08. The molecule has 1 unspecified atom stereocenters. The molecule has 1 saturated carbocycles. The molecule has 1 heterocycles. The Morgan fingerprint density at radius 1 is 1.67 bits per heavy atom. The van der Waals surface area contributed by atoms with E-state index in [4.69, 9.17) is 11.5 Å². The monoisotopic (exact) mass is 208 g/mol. The molecule has 1 amide bonds. The first-order chi connectivity index (χ1) is 7.22. The van der Waals surface area contributed by atoms with E-state index in [0.717, 1.165) is 5.69 Å². The van der Waals surface area contributed by atoms with Crippen molar-refractivity contribution in [3.05, 3.63) is 18.2 Å². The number of imidazole rings is 1. The number of nitrogens with two attached hydrogens (primary N) is 2. The normalized spacial score (nSPS) is 17.7. The molecule has 1 aliphatic carbocycles. The fraction of sp³-hybridized carbons (Fsp3) is 0.600. The number of amides is 1. The number of primary amides is 1. The highest BCUT2D eigenvalue weighted by molar-refractivity contribution is 5.77. The number of aromatic nitrogens is 2. The summed E-state index contributed by atoms with van der Waals surface area (Å²) >= 11 is 0. The summed E-state index contributed by atoms with van der Waals surface area (Å²) in [6.45, 7) is 0.297. The van der Waals surface area contributed by atoms with Crippen molar-refractivity contribution in [3.63, 3.8) is 0 Å². The SMILES string of the molecule is NCC(Cc1cncn1C1CC1)C(N)=O. The van der Waals surface area contributed by atoms with Gasteiger partial charge in [-0.3, -0.25) is 4.79 Å². The fourth-order valence-corrected chi connectivity index (χ4v) is 1.72. The molecule has 5 nitrogen and oxygen atoms in total. The highest BCUT2D eigenvalue weighted by Gasteiger charge is 2.26. The van der Waals surface area contributed by atoms with Gasteiger partial charge >= 0.3 is 0 Å². The Kier molecular flexibility index (Phi) is 2.73. The van der Waals surface area contributed by atoms with Crippen molar-refractivity contribution in [1.29, 1.82) is 0 Å². The van der Waals surface area contributed by atoms with Crippen molar-refractivity contribution in [1.82, 2.24) is 9.55 Å². The van der Waals surface area contributed by atoms with Crippen LogP contribution in [-0.2, 0) is 11.2 Å². The molecule has 0 radical (unpaired) electrons. The Hall–Kier alpha value is -1.36. The second kappa shape index (κ2) is 4.02. The summed E-state index contributed by atoms with van der Waals surface area (Å²) in [5.41, 5.74) is 11.8. The van der Waals surface area contributed by atoms with E-state index in [2.05, 4.69) is 9.55 Å². The average molecular weight is 208 g/mol. The van der Waals surface area contributed by atoms with Gasteiger partial charge in [0.1, 0.15) is 0 Å². The van der Waals surface area contributed by atoms with E-state index in [0.29, 0.717) is 19.0 Å². The second-order valence-electron chi connectivity index (χ2n) is 4.06. The summed E-state index contributed by atoms with van der Waals surface area (Å²) in [5, 5.41) is 0. The highest BCUT2D eigenvalue weighted by Crippen LogP contribution is 2.35. The molecule has 2 rings (SSSR count). The Morgan fingerprint density at radius 2 is 2.40 bits per heavy atom. The molecule has 1 fully saturated rings. The second-order valence-corrected chi connectivity index (χ2v) is 4.06. The molecule has 1 aromatic rings. The lowest BCUT2D eigenvalue weighted by Crippen LogP contribution is -2.32. The van der Waals surface area contributed by atoms with Crippen LogP contribution in [0.5, 0.6) is 0 Å². The number of hydrogen-bond acceptors (Lipinski definition) is 3. The van der Waals surface area contributed by atoms with Gasteiger partial charge in [-0.05, 0) is 12.8 Å². The number of carbonyl (C=O) groups is 1. The summed E-state index contributed by atoms with van der Waals surface area (Å²) in [4.78, 5) is 15.2. The van der Waals surface area contributed by atoms with E-state index in [1.807, 2.05) is 6.33 Å². The van der Waals surface area contributed by atoms with Crippen LogP contribution in [0.15, 0.2) is 12.5 Å². The van der Waals surface area contributed by atoms with Crippen molar-refractivity contribution in [2.75, 3.05) is 6.54 Å². The molecule has 4 N–H and O–H groups in total. The minimum Gasteiger partial charge on any atom is -0.369 e. The largest absolute Gasteiger partial charge is 0.369 e. The van der Waals surface area contributed by atoms with E-state index >= 15 is 0 Å². The molecule has 82 valence electrons. The zero-order valence-electron chi connectivity index (χ0n) is 8.60. The molecule has 1 atom stereocenters. The van der Waals surface area contributed by atoms with Gasteiger partial charge in [0.15, 0.2) is 0 Å². The first kappa shape index (κ1) is 10.2. The minimum atomic E-state index is -0.332. The topological polar surface area (TPSA) is 86.9 Å². The first-order valence-corrected chi connectivity index (χ1v) is 5.22. The summed E-state index contributed by atoms with van der Waals surface area (Å²) in [5.74, 6) is -0.611. The minimum absolute atomic E-state index is 0.279. The maximum absolute atomic E-state index is 11.1. The van der Waals surface area contributed by atoms with Crippen LogP contribution in [0.3, 0.4) is 0 Å². The maximum atomic E-state index is 11.1. The van der Waals surface area contributed by atoms with Crippen LogP contribution in [0, 0.1) is 5.92 Å². The number of carbonyl (C=O) groups excluding carboxylic acids is 1. The fourth-order valence-electron chi connectivity index (χ4n) is 1.72. The van der Waals surface area contributed by atoms with E-state index in [1.165, 1.54) is 12.8 Å². The Bertz CT molecular complexity index is 356. The van der Waals surface area contributed by atoms with E-state index in [-0.39, 0.29) is 11.8 Å². The van der Waals surface area contributed by atoms with Crippen molar-refractivity contribution < 1.29 is 4.79 Å². The molecule has 1 aliphatic rings. The molecule has 0 spiro atoms. The zero-order valence-corrected chi connectivity index (χ0v) is 8.60. The summed E-state index contributed by atoms with van der Waals surface area (Å²) in [6, 6.07) is 0.578. The maximum Gasteiger partial charge on any atom is 0.222 e. The van der Waals surface area contributed by atoms with E-state index < -0.39 is 0 Å². The van der Waals surface area contributed by atoms with Gasteiger partial charge in [-0.15, -0.1) is 0 Å². The summed E-state index contributed by atoms with van der Waals surface area (Å²) in [7, 11) is 0. The molecule has 15 heavy (non-hydrogen) atoms. The third-order valence-corrected chi connectivity index (χ3v) is 2.83. The summed E-state index contributed by atoms with van der Waals surface area (Å²) in [6.07, 6.45) is 6.62. The molecule has 0 bridgehead atoms. The van der Waals surface area contributed by atoms with E-state index in [9.17, 15) is 4.79 Å². The average Bonchev–Trinajstić information content (AvgIpc) is 2.95. The van der Waals surface area contributed by atoms with Gasteiger partial charge in [-0.2, -0.15) is 0 Å². The first-order valence-electron chi connectivity index (χ1n) is 5.22. The third kappa shape index (κ3) is 2.18. The lowest BCUT2D eigenvalue weighted by molar-refractivity contribution is -0.121. The molecule has 5 heteroatoms. The van der Waals surface area contributed by atoms with Crippen molar-refractivity contribution >= 4 is 5.91 Å². The van der Waals surface area contributed by atoms with Crippen molar-refractivity contribution in [3.8, 4) is 0 Å². The predicted octanol–water partition coefficient (Wildman–Crippen LogP) is -0.179. The van der Waals surface area contributed by atoms with Gasteiger partial charge in [-0.25, -0.2) is 4.98 Å². The van der Waals surface area contributed by atoms with Gasteiger partial charge in [0.25, 0.3) is 0 Å². The van der Waals surface area contributed by atoms with Crippen molar-refractivity contribution in [2.24, 2.45) is 17.4 Å². The number of nitrogens with zero attached hydrogens (tertiary/aromatic N) is 2. The Morgan fingerprint density at radius 3 is 2.93 bits per heavy atom. The van der Waals surface area contributed by atoms with Gasteiger partial charge in [0, 0.05) is 30.9 Å². The Labute approximate surface area is 88.5 Å². The van der Waals surface area contributed by atoms with Gasteiger partial charge in [0.2, 0.25) is 5.91 Å². The molecule has 0 aromatic carbocycles. The van der Waals surface area contributed by atoms with Crippen LogP contribution in [-0.4, -0.2) is 22.0 Å². The van der Waals surface area contributed by atoms with Crippen LogP contribution >= 0.6 is 0 Å². The smallest absolute Gasteiger partial charge is 0.222 e. The van der Waals surface area contributed by atoms with Crippen LogP contribution in [0.25, 0.3) is 0 Å². The molecular formula is C10H16N4O. The van der Waals surface area contributed by atoms with Gasteiger partial charge in [-0.1, -0.05) is 0 Å². The van der Waals surface area contributed by atoms with Gasteiger partial charge < -0.3 is 16.0 Å². The lowest BCUT2D eigenvalue weighted by Gasteiger charge is -2.12. The highest BCUT2D eigenvalue weighted by atomic mass is 16.1. The van der Waals surface area contributed by atoms with Crippen LogP contribution in [0.4, 0.5) is 0 Å². The molecular weight excluding hydrogens is 192 g/mol. The third-order valence-electron chi connectivity index (χ3n) is 2.83. The van der Waals surface area contributed by atoms with Crippen molar-refractivity contribution in [2.45, 2.75) is 25.3 Å². The van der Waals surface area contributed by atoms with Crippen LogP contribution < -0.4 is 11.5 Å². The number of hydrogen-bond donors (Lipinski definition) is 2.